The van der Waals surface area contributed by atoms with Crippen molar-refractivity contribution in [1.82, 2.24) is 16.2 Å². The summed E-state index contributed by atoms with van der Waals surface area (Å²) in [6, 6.07) is 12.5. The third-order valence-electron chi connectivity index (χ3n) is 3.74. The van der Waals surface area contributed by atoms with Crippen molar-refractivity contribution in [3.63, 3.8) is 0 Å². The number of hydrogen-bond donors (Lipinski definition) is 3. The number of hydrazine groups is 1. The highest BCUT2D eigenvalue weighted by Crippen LogP contribution is 2.34. The molecule has 6 nitrogen and oxygen atoms in total. The summed E-state index contributed by atoms with van der Waals surface area (Å²) < 4.78 is 7.08. The molecule has 1 aromatic heterocycles. The molecule has 0 bridgehead atoms. The molecule has 150 valence electrons. The molecule has 3 aromatic rings. The van der Waals surface area contributed by atoms with Crippen molar-refractivity contribution in [2.75, 3.05) is 6.61 Å². The third-order valence-corrected chi connectivity index (χ3v) is 6.12. The maximum absolute atomic E-state index is 12.5. The molecule has 10 heteroatoms. The van der Waals surface area contributed by atoms with Crippen molar-refractivity contribution < 1.29 is 14.3 Å². The molecule has 0 unspecified atom stereocenters. The van der Waals surface area contributed by atoms with E-state index in [4.69, 9.17) is 28.6 Å². The van der Waals surface area contributed by atoms with E-state index in [1.807, 2.05) is 31.2 Å². The molecule has 1 heterocycles. The molecule has 3 rings (SSSR count). The smallest absolute Gasteiger partial charge is 0.281 e. The van der Waals surface area contributed by atoms with Crippen LogP contribution >= 0.6 is 51.1 Å². The molecule has 0 aliphatic rings. The number of carbonyl (C=O) groups is 2. The van der Waals surface area contributed by atoms with Crippen molar-refractivity contribution in [3.8, 4) is 5.75 Å². The Labute approximate surface area is 189 Å². The van der Waals surface area contributed by atoms with Crippen LogP contribution in [0.25, 0.3) is 10.1 Å². The van der Waals surface area contributed by atoms with Crippen LogP contribution in [0.1, 0.15) is 27.0 Å². The van der Waals surface area contributed by atoms with Gasteiger partial charge < -0.3 is 4.74 Å². The van der Waals surface area contributed by atoms with Gasteiger partial charge in [-0.15, -0.1) is 11.3 Å². The molecule has 0 saturated carbocycles. The van der Waals surface area contributed by atoms with Crippen LogP contribution in [-0.2, 0) is 0 Å². The average molecular weight is 513 g/mol. The van der Waals surface area contributed by atoms with E-state index in [2.05, 4.69) is 32.1 Å². The Hall–Kier alpha value is -2.20. The lowest BCUT2D eigenvalue weighted by atomic mass is 10.2. The highest BCUT2D eigenvalue weighted by Gasteiger charge is 2.18. The van der Waals surface area contributed by atoms with Crippen LogP contribution in [-0.4, -0.2) is 23.5 Å². The van der Waals surface area contributed by atoms with Crippen molar-refractivity contribution in [1.29, 1.82) is 0 Å². The predicted octanol–water partition coefficient (Wildman–Crippen LogP) is 4.67. The predicted molar refractivity (Wildman–Crippen MR) is 123 cm³/mol. The SMILES string of the molecule is CCOc1ccc(Br)cc1C(=O)NC(=S)NNC(=O)c1sc2ccccc2c1Cl. The number of carbonyl (C=O) groups excluding carboxylic acids is 2. The van der Waals surface area contributed by atoms with Gasteiger partial charge in [0.25, 0.3) is 11.8 Å². The van der Waals surface area contributed by atoms with Crippen LogP contribution in [0.4, 0.5) is 0 Å². The molecule has 0 radical (unpaired) electrons. The van der Waals surface area contributed by atoms with Gasteiger partial charge in [0.1, 0.15) is 10.6 Å². The molecule has 2 aromatic carbocycles. The van der Waals surface area contributed by atoms with Crippen molar-refractivity contribution in [2.24, 2.45) is 0 Å². The highest BCUT2D eigenvalue weighted by atomic mass is 79.9. The zero-order valence-electron chi connectivity index (χ0n) is 15.0. The van der Waals surface area contributed by atoms with Crippen molar-refractivity contribution in [2.45, 2.75) is 6.92 Å². The number of amides is 2. The van der Waals surface area contributed by atoms with Crippen molar-refractivity contribution in [3.05, 3.63) is 62.4 Å². The first-order chi connectivity index (χ1) is 13.9. The molecule has 0 spiro atoms. The number of thiophene rings is 1. The highest BCUT2D eigenvalue weighted by molar-refractivity contribution is 9.10. The van der Waals surface area contributed by atoms with Crippen LogP contribution in [0.15, 0.2) is 46.9 Å². The van der Waals surface area contributed by atoms with E-state index in [0.717, 1.165) is 14.6 Å². The fourth-order valence-corrected chi connectivity index (χ4v) is 4.41. The van der Waals surface area contributed by atoms with Gasteiger partial charge in [0.2, 0.25) is 0 Å². The van der Waals surface area contributed by atoms with E-state index in [9.17, 15) is 9.59 Å². The third kappa shape index (κ3) is 5.05. The van der Waals surface area contributed by atoms with Crippen LogP contribution in [0.2, 0.25) is 5.02 Å². The van der Waals surface area contributed by atoms with E-state index >= 15 is 0 Å². The summed E-state index contributed by atoms with van der Waals surface area (Å²) in [4.78, 5) is 25.3. The summed E-state index contributed by atoms with van der Waals surface area (Å²) in [6.45, 7) is 2.24. The Morgan fingerprint density at radius 3 is 2.66 bits per heavy atom. The number of nitrogens with one attached hydrogen (secondary N) is 3. The van der Waals surface area contributed by atoms with E-state index in [0.29, 0.717) is 27.8 Å². The van der Waals surface area contributed by atoms with Crippen LogP contribution in [0, 0.1) is 0 Å². The second kappa shape index (κ2) is 9.53. The van der Waals surface area contributed by atoms with Crippen molar-refractivity contribution >= 4 is 78.1 Å². The molecule has 3 N–H and O–H groups in total. The van der Waals surface area contributed by atoms with Gasteiger partial charge in [-0.1, -0.05) is 45.7 Å². The monoisotopic (exact) mass is 511 g/mol. The number of fused-ring (bicyclic) bond motifs is 1. The Bertz CT molecular complexity index is 1100. The summed E-state index contributed by atoms with van der Waals surface area (Å²) in [5, 5.41) is 3.61. The Morgan fingerprint density at radius 1 is 1.17 bits per heavy atom. The Kier molecular flexibility index (Phi) is 7.07. The van der Waals surface area contributed by atoms with Gasteiger partial charge in [0.05, 0.1) is 17.2 Å². The maximum atomic E-state index is 12.5. The van der Waals surface area contributed by atoms with E-state index < -0.39 is 11.8 Å². The zero-order chi connectivity index (χ0) is 21.0. The molecule has 0 atom stereocenters. The first kappa shape index (κ1) is 21.5. The van der Waals surface area contributed by atoms with Crippen LogP contribution in [0.3, 0.4) is 0 Å². The number of thiocarbonyl (C=S) groups is 1. The van der Waals surface area contributed by atoms with E-state index in [-0.39, 0.29) is 5.11 Å². The fourth-order valence-electron chi connectivity index (χ4n) is 2.49. The quantitative estimate of drug-likeness (QED) is 0.350. The van der Waals surface area contributed by atoms with Gasteiger partial charge in [-0.05, 0) is 43.4 Å². The van der Waals surface area contributed by atoms with E-state index in [1.165, 1.54) is 11.3 Å². The van der Waals surface area contributed by atoms with Gasteiger partial charge in [-0.25, -0.2) is 0 Å². The summed E-state index contributed by atoms with van der Waals surface area (Å²) >= 11 is 16.0. The van der Waals surface area contributed by atoms with Gasteiger partial charge in [-0.2, -0.15) is 0 Å². The number of rotatable bonds is 4. The summed E-state index contributed by atoms with van der Waals surface area (Å²) in [5.74, 6) is -0.497. The zero-order valence-corrected chi connectivity index (χ0v) is 19.0. The number of benzene rings is 2. The molecule has 0 saturated heterocycles. The second-order valence-electron chi connectivity index (χ2n) is 5.68. The standard InChI is InChI=1S/C19H15BrClN3O3S2/c1-2-27-13-8-7-10(20)9-12(13)17(25)22-19(28)24-23-18(26)16-15(21)11-5-3-4-6-14(11)29-16/h3-9H,2H2,1H3,(H,23,26)(H2,22,24,25,28). The molecule has 0 aliphatic carbocycles. The second-order valence-corrected chi connectivity index (χ2v) is 8.43. The average Bonchev–Trinajstić information content (AvgIpc) is 3.04. The van der Waals surface area contributed by atoms with Crippen LogP contribution in [0.5, 0.6) is 5.75 Å². The number of ether oxygens (including phenoxy) is 1. The Balaban J connectivity index is 1.64. The minimum absolute atomic E-state index is 0.0667. The minimum atomic E-state index is -0.471. The van der Waals surface area contributed by atoms with Gasteiger partial charge in [0.15, 0.2) is 5.11 Å². The molecular formula is C19H15BrClN3O3S2. The van der Waals surface area contributed by atoms with Gasteiger partial charge in [0, 0.05) is 14.6 Å². The topological polar surface area (TPSA) is 79.5 Å². The largest absolute Gasteiger partial charge is 0.493 e. The first-order valence-corrected chi connectivity index (χ1v) is 10.8. The fraction of sp³-hybridized carbons (Fsp3) is 0.105. The summed E-state index contributed by atoms with van der Waals surface area (Å²) in [5.41, 5.74) is 5.27. The molecule has 2 amide bonds. The number of hydrogen-bond acceptors (Lipinski definition) is 5. The lowest BCUT2D eigenvalue weighted by molar-refractivity contribution is 0.0937. The first-order valence-electron chi connectivity index (χ1n) is 8.41. The lowest BCUT2D eigenvalue weighted by Gasteiger charge is -2.13. The normalized spacial score (nSPS) is 10.4. The molecular weight excluding hydrogens is 498 g/mol. The molecule has 0 fully saturated rings. The Morgan fingerprint density at radius 2 is 1.93 bits per heavy atom. The number of halogens is 2. The van der Waals surface area contributed by atoms with Gasteiger partial charge >= 0.3 is 0 Å². The maximum Gasteiger partial charge on any atom is 0.281 e. The minimum Gasteiger partial charge on any atom is -0.493 e. The van der Waals surface area contributed by atoms with Gasteiger partial charge in [-0.3, -0.25) is 25.8 Å². The molecule has 0 aliphatic heterocycles. The summed E-state index contributed by atoms with van der Waals surface area (Å²) in [6.07, 6.45) is 0. The van der Waals surface area contributed by atoms with Crippen LogP contribution < -0.4 is 20.9 Å². The molecule has 29 heavy (non-hydrogen) atoms. The summed E-state index contributed by atoms with van der Waals surface area (Å²) in [7, 11) is 0. The van der Waals surface area contributed by atoms with E-state index in [1.54, 1.807) is 18.2 Å². The lowest BCUT2D eigenvalue weighted by Crippen LogP contribution is -2.48.